The predicted molar refractivity (Wildman–Crippen MR) is 103 cm³/mol. The van der Waals surface area contributed by atoms with Crippen molar-refractivity contribution in [1.82, 2.24) is 5.32 Å². The van der Waals surface area contributed by atoms with Gasteiger partial charge in [0.15, 0.2) is 12.6 Å². The van der Waals surface area contributed by atoms with Gasteiger partial charge in [0, 0.05) is 4.88 Å². The number of aryl methyl sites for hydroxylation is 1. The fourth-order valence-corrected chi connectivity index (χ4v) is 4.13. The first kappa shape index (κ1) is 21.8. The number of thiophene rings is 1. The van der Waals surface area contributed by atoms with Crippen molar-refractivity contribution >= 4 is 40.1 Å². The number of hydrogen-bond acceptors (Lipinski definition) is 7. The average Bonchev–Trinajstić information content (AvgIpc) is 2.91. The fourth-order valence-electron chi connectivity index (χ4n) is 3.07. The molecule has 0 bridgehead atoms. The Kier molecular flexibility index (Phi) is 7.53. The molecule has 0 radical (unpaired) electrons. The van der Waals surface area contributed by atoms with Gasteiger partial charge in [-0.05, 0) is 26.3 Å². The third-order valence-corrected chi connectivity index (χ3v) is 5.78. The zero-order valence-corrected chi connectivity index (χ0v) is 17.3. The van der Waals surface area contributed by atoms with Gasteiger partial charge in [0.1, 0.15) is 11.4 Å². The number of carbonyl (C=O) groups excluding carboxylic acids is 4. The van der Waals surface area contributed by atoms with Crippen LogP contribution in [0.4, 0.5) is 5.00 Å². The van der Waals surface area contributed by atoms with E-state index in [0.717, 1.165) is 10.4 Å². The highest BCUT2D eigenvalue weighted by Gasteiger charge is 2.37. The number of nitrogens with one attached hydrogen (secondary N) is 3. The standard InChI is InChI=1S/C18H25N3O6S/c1-5-27-18(25)15-10(2)11(3)28-17(15)20-13(22)9-21-7-6-19-16(24)12(21)8-14(23)26-4/h12H,5-9H2,1-4H3,(H,19,24)(H,20,22)/p+1/t12-/m1/s1. The molecule has 10 heteroatoms. The van der Waals surface area contributed by atoms with Gasteiger partial charge in [0.25, 0.3) is 11.8 Å². The highest BCUT2D eigenvalue weighted by Crippen LogP contribution is 2.32. The van der Waals surface area contributed by atoms with E-state index in [0.29, 0.717) is 28.6 Å². The SMILES string of the molecule is CCOC(=O)c1c(NC(=O)C[NH+]2CCNC(=O)[C@H]2CC(=O)OC)sc(C)c1C. The molecule has 3 N–H and O–H groups in total. The van der Waals surface area contributed by atoms with Crippen LogP contribution in [0.5, 0.6) is 0 Å². The molecule has 9 nitrogen and oxygen atoms in total. The maximum atomic E-state index is 12.6. The number of carbonyl (C=O) groups is 4. The van der Waals surface area contributed by atoms with E-state index in [1.807, 2.05) is 6.92 Å². The molecule has 28 heavy (non-hydrogen) atoms. The average molecular weight is 412 g/mol. The van der Waals surface area contributed by atoms with Gasteiger partial charge in [-0.3, -0.25) is 14.4 Å². The van der Waals surface area contributed by atoms with Gasteiger partial charge in [-0.15, -0.1) is 11.3 Å². The molecular weight excluding hydrogens is 386 g/mol. The van der Waals surface area contributed by atoms with E-state index < -0.39 is 18.0 Å². The van der Waals surface area contributed by atoms with Crippen molar-refractivity contribution in [2.45, 2.75) is 33.2 Å². The number of quaternary nitrogens is 1. The number of hydrogen-bond donors (Lipinski definition) is 3. The molecule has 1 aromatic heterocycles. The van der Waals surface area contributed by atoms with Crippen molar-refractivity contribution in [2.24, 2.45) is 0 Å². The van der Waals surface area contributed by atoms with E-state index in [2.05, 4.69) is 15.4 Å². The summed E-state index contributed by atoms with van der Waals surface area (Å²) in [7, 11) is 1.26. The van der Waals surface area contributed by atoms with E-state index in [4.69, 9.17) is 4.74 Å². The first-order valence-electron chi connectivity index (χ1n) is 9.04. The molecule has 1 aliphatic heterocycles. The zero-order chi connectivity index (χ0) is 20.8. The van der Waals surface area contributed by atoms with E-state index >= 15 is 0 Å². The molecule has 2 heterocycles. The largest absolute Gasteiger partial charge is 0.469 e. The molecule has 0 spiro atoms. The summed E-state index contributed by atoms with van der Waals surface area (Å²) in [4.78, 5) is 50.2. The Balaban J connectivity index is 2.12. The monoisotopic (exact) mass is 412 g/mol. The molecule has 2 atom stereocenters. The number of esters is 2. The van der Waals surface area contributed by atoms with Crippen LogP contribution in [0.1, 0.15) is 34.1 Å². The lowest BCUT2D eigenvalue weighted by Gasteiger charge is -2.30. The number of rotatable bonds is 7. The van der Waals surface area contributed by atoms with Crippen molar-refractivity contribution in [2.75, 3.05) is 38.7 Å². The Morgan fingerprint density at radius 3 is 2.68 bits per heavy atom. The van der Waals surface area contributed by atoms with Crippen LogP contribution in [0.3, 0.4) is 0 Å². The van der Waals surface area contributed by atoms with Crippen molar-refractivity contribution < 1.29 is 33.6 Å². The lowest BCUT2D eigenvalue weighted by molar-refractivity contribution is -0.909. The van der Waals surface area contributed by atoms with Crippen LogP contribution >= 0.6 is 11.3 Å². The summed E-state index contributed by atoms with van der Waals surface area (Å²) in [5.41, 5.74) is 1.13. The summed E-state index contributed by atoms with van der Waals surface area (Å²) in [6, 6.07) is -0.691. The minimum Gasteiger partial charge on any atom is -0.469 e. The normalized spacial score (nSPS) is 18.9. The summed E-state index contributed by atoms with van der Waals surface area (Å²) in [5, 5.41) is 5.91. The maximum Gasteiger partial charge on any atom is 0.341 e. The quantitative estimate of drug-likeness (QED) is 0.517. The molecule has 2 amide bonds. The minimum atomic E-state index is -0.691. The van der Waals surface area contributed by atoms with Crippen molar-refractivity contribution in [3.05, 3.63) is 16.0 Å². The molecule has 1 aliphatic rings. The molecule has 0 saturated carbocycles. The molecule has 154 valence electrons. The Bertz CT molecular complexity index is 776. The summed E-state index contributed by atoms with van der Waals surface area (Å²) >= 11 is 1.31. The highest BCUT2D eigenvalue weighted by atomic mass is 32.1. The smallest absolute Gasteiger partial charge is 0.341 e. The molecule has 1 saturated heterocycles. The molecule has 1 aromatic rings. The minimum absolute atomic E-state index is 0.00661. The van der Waals surface area contributed by atoms with Gasteiger partial charge < -0.3 is 25.0 Å². The van der Waals surface area contributed by atoms with E-state index in [1.54, 1.807) is 13.8 Å². The molecule has 1 fully saturated rings. The van der Waals surface area contributed by atoms with E-state index in [1.165, 1.54) is 18.4 Å². The number of amides is 2. The Morgan fingerprint density at radius 1 is 1.32 bits per heavy atom. The lowest BCUT2D eigenvalue weighted by atomic mass is 10.1. The first-order valence-corrected chi connectivity index (χ1v) is 9.86. The van der Waals surface area contributed by atoms with Crippen LogP contribution in [0, 0.1) is 13.8 Å². The van der Waals surface area contributed by atoms with Gasteiger partial charge in [-0.2, -0.15) is 0 Å². The second-order valence-electron chi connectivity index (χ2n) is 6.46. The Morgan fingerprint density at radius 2 is 2.04 bits per heavy atom. The maximum absolute atomic E-state index is 12.6. The van der Waals surface area contributed by atoms with Crippen molar-refractivity contribution in [1.29, 1.82) is 0 Å². The van der Waals surface area contributed by atoms with Crippen LogP contribution in [0.2, 0.25) is 0 Å². The van der Waals surface area contributed by atoms with Gasteiger partial charge in [0.2, 0.25) is 0 Å². The summed E-state index contributed by atoms with van der Waals surface area (Å²) < 4.78 is 9.74. The Labute approximate surface area is 167 Å². The van der Waals surface area contributed by atoms with Crippen molar-refractivity contribution in [3.8, 4) is 0 Å². The van der Waals surface area contributed by atoms with Crippen LogP contribution in [-0.4, -0.2) is 63.1 Å². The third-order valence-electron chi connectivity index (χ3n) is 4.66. The Hall–Kier alpha value is -2.46. The van der Waals surface area contributed by atoms with Crippen molar-refractivity contribution in [3.63, 3.8) is 0 Å². The first-order chi connectivity index (χ1) is 13.3. The van der Waals surface area contributed by atoms with Gasteiger partial charge in [-0.25, -0.2) is 4.79 Å². The summed E-state index contributed by atoms with van der Waals surface area (Å²) in [6.45, 7) is 6.55. The van der Waals surface area contributed by atoms with Gasteiger partial charge >= 0.3 is 11.9 Å². The molecular formula is C18H26N3O6S+. The predicted octanol–water partition coefficient (Wildman–Crippen LogP) is -0.573. The van der Waals surface area contributed by atoms with Gasteiger partial charge in [0.05, 0.1) is 32.4 Å². The molecule has 1 unspecified atom stereocenters. The van der Waals surface area contributed by atoms with E-state index in [9.17, 15) is 19.2 Å². The summed E-state index contributed by atoms with van der Waals surface area (Å²) in [6.07, 6.45) is -0.101. The number of ether oxygens (including phenoxy) is 2. The van der Waals surface area contributed by atoms with Crippen LogP contribution in [-0.2, 0) is 23.9 Å². The molecule has 2 rings (SSSR count). The second kappa shape index (κ2) is 9.65. The number of methoxy groups -OCH3 is 1. The topological polar surface area (TPSA) is 115 Å². The highest BCUT2D eigenvalue weighted by molar-refractivity contribution is 7.16. The lowest BCUT2D eigenvalue weighted by Crippen LogP contribution is -3.20. The number of piperazine rings is 1. The van der Waals surface area contributed by atoms with Crippen LogP contribution < -0.4 is 15.5 Å². The number of anilines is 1. The fraction of sp³-hybridized carbons (Fsp3) is 0.556. The summed E-state index contributed by atoms with van der Waals surface area (Å²) in [5.74, 6) is -1.61. The zero-order valence-electron chi connectivity index (χ0n) is 16.5. The molecule has 0 aliphatic carbocycles. The van der Waals surface area contributed by atoms with Crippen LogP contribution in [0.15, 0.2) is 0 Å². The molecule has 0 aromatic carbocycles. The second-order valence-corrected chi connectivity index (χ2v) is 7.69. The van der Waals surface area contributed by atoms with Gasteiger partial charge in [-0.1, -0.05) is 0 Å². The third kappa shape index (κ3) is 5.08. The van der Waals surface area contributed by atoms with E-state index in [-0.39, 0.29) is 31.4 Å². The van der Waals surface area contributed by atoms with Crippen LogP contribution in [0.25, 0.3) is 0 Å².